The van der Waals surface area contributed by atoms with Crippen LogP contribution in [0.3, 0.4) is 0 Å². The third kappa shape index (κ3) is 9.02. The number of carbonyl (C=O) groups is 2. The molecule has 1 aliphatic heterocycles. The van der Waals surface area contributed by atoms with Crippen molar-refractivity contribution in [3.63, 3.8) is 0 Å². The van der Waals surface area contributed by atoms with E-state index in [1.54, 1.807) is 12.1 Å². The molecule has 3 aromatic rings. The van der Waals surface area contributed by atoms with E-state index >= 15 is 0 Å². The number of nitrogens with two attached hydrogens (primary N) is 1. The molecular weight excluding hydrogens is 610 g/mol. The van der Waals surface area contributed by atoms with Gasteiger partial charge in [-0.15, -0.1) is 0 Å². The predicted molar refractivity (Wildman–Crippen MR) is 185 cm³/mol. The second-order valence-corrected chi connectivity index (χ2v) is 12.0. The van der Waals surface area contributed by atoms with E-state index in [9.17, 15) is 9.59 Å². The smallest absolute Gasteiger partial charge is 0.286 e. The van der Waals surface area contributed by atoms with E-state index in [0.29, 0.717) is 70.0 Å². The van der Waals surface area contributed by atoms with Crippen LogP contribution in [0.25, 0.3) is 11.1 Å². The van der Waals surface area contributed by atoms with Crippen molar-refractivity contribution in [3.8, 4) is 11.1 Å². The highest BCUT2D eigenvalue weighted by molar-refractivity contribution is 5.94. The Labute approximate surface area is 282 Å². The van der Waals surface area contributed by atoms with Crippen molar-refractivity contribution < 1.29 is 33.6 Å². The number of anilines is 2. The Morgan fingerprint density at radius 2 is 1.71 bits per heavy atom. The molecule has 0 fully saturated rings. The van der Waals surface area contributed by atoms with Gasteiger partial charge in [0.05, 0.1) is 37.8 Å². The molecule has 5 rings (SSSR count). The molecule has 1 aliphatic carbocycles. The first-order chi connectivity index (χ1) is 23.5. The number of benzene rings is 3. The number of carbonyl (C=O) groups excluding carboxylic acids is 2. The van der Waals surface area contributed by atoms with Crippen molar-refractivity contribution in [2.24, 2.45) is 5.92 Å². The van der Waals surface area contributed by atoms with Gasteiger partial charge < -0.3 is 40.4 Å². The van der Waals surface area contributed by atoms with Crippen LogP contribution in [-0.4, -0.2) is 69.4 Å². The Kier molecular flexibility index (Phi) is 13.0. The number of ether oxygens (including phenoxy) is 4. The fraction of sp³-hybridized carbons (Fsp3) is 0.421. The maximum absolute atomic E-state index is 13.5. The number of amides is 2. The number of aliphatic hydroxyl groups excluding tert-OH is 1. The number of nitrogens with one attached hydrogen (secondary N) is 2. The van der Waals surface area contributed by atoms with E-state index < -0.39 is 6.29 Å². The summed E-state index contributed by atoms with van der Waals surface area (Å²) in [4.78, 5) is 25.9. The lowest BCUT2D eigenvalue weighted by molar-refractivity contribution is -0.168. The van der Waals surface area contributed by atoms with E-state index in [-0.39, 0.29) is 42.6 Å². The van der Waals surface area contributed by atoms with Gasteiger partial charge in [0.1, 0.15) is 0 Å². The molecule has 2 amide bonds. The van der Waals surface area contributed by atoms with Gasteiger partial charge in [0, 0.05) is 38.0 Å². The van der Waals surface area contributed by atoms with Crippen molar-refractivity contribution in [1.82, 2.24) is 5.32 Å². The largest absolute Gasteiger partial charge is 0.459 e. The van der Waals surface area contributed by atoms with Crippen LogP contribution in [0.4, 0.5) is 11.4 Å². The first-order valence-electron chi connectivity index (χ1n) is 16.9. The zero-order chi connectivity index (χ0) is 33.7. The summed E-state index contributed by atoms with van der Waals surface area (Å²) in [6.07, 6.45) is 4.31. The SMILES string of the molecule is CCO[C@H]1OC(C(=O)NCCCCC(=O)Nc2ccccc2N)=C[C@@H](c2cccc3c2Cc2ccccc2-3)[C@@H]1CCOCCOCCO. The minimum absolute atomic E-state index is 0.0213. The average Bonchev–Trinajstić information content (AvgIpc) is 3.48. The zero-order valence-corrected chi connectivity index (χ0v) is 27.6. The van der Waals surface area contributed by atoms with Gasteiger partial charge in [-0.2, -0.15) is 0 Å². The molecule has 48 heavy (non-hydrogen) atoms. The summed E-state index contributed by atoms with van der Waals surface area (Å²) >= 11 is 0. The second kappa shape index (κ2) is 17.8. The van der Waals surface area contributed by atoms with Crippen molar-refractivity contribution in [2.75, 3.05) is 57.2 Å². The third-order valence-electron chi connectivity index (χ3n) is 8.74. The minimum atomic E-state index is -0.645. The van der Waals surface area contributed by atoms with Gasteiger partial charge in [-0.25, -0.2) is 0 Å². The number of unbranched alkanes of at least 4 members (excludes halogenated alkanes) is 1. The number of para-hydroxylation sites is 2. The second-order valence-electron chi connectivity index (χ2n) is 12.0. The average molecular weight is 658 g/mol. The standard InChI is InChI=1S/C38H47N3O7/c1-2-47-38-30(17-20-45-22-23-46-21-19-42)32(29-13-9-12-28-27-11-4-3-10-26(27)24-31(28)29)25-35(48-38)37(44)40-18-8-7-16-36(43)41-34-15-6-5-14-33(34)39/h3-6,9-15,25,30,32,38,42H,2,7-8,16-24,39H2,1H3,(H,40,44)(H,41,43)/t30-,32-,38-/m0/s1. The van der Waals surface area contributed by atoms with Crippen LogP contribution in [0.1, 0.15) is 55.2 Å². The molecule has 2 aliphatic rings. The van der Waals surface area contributed by atoms with E-state index in [0.717, 1.165) is 12.0 Å². The minimum Gasteiger partial charge on any atom is -0.459 e. The van der Waals surface area contributed by atoms with E-state index in [1.807, 2.05) is 25.1 Å². The number of hydrogen-bond acceptors (Lipinski definition) is 8. The molecule has 5 N–H and O–H groups in total. The number of fused-ring (bicyclic) bond motifs is 3. The molecule has 0 bridgehead atoms. The van der Waals surface area contributed by atoms with E-state index in [2.05, 4.69) is 53.1 Å². The van der Waals surface area contributed by atoms with Crippen LogP contribution in [0.15, 0.2) is 78.6 Å². The normalized spacial score (nSPS) is 18.0. The Morgan fingerprint density at radius 3 is 2.52 bits per heavy atom. The van der Waals surface area contributed by atoms with E-state index in [4.69, 9.17) is 29.8 Å². The fourth-order valence-electron chi connectivity index (χ4n) is 6.42. The molecule has 0 saturated heterocycles. The molecule has 0 spiro atoms. The fourth-order valence-corrected chi connectivity index (χ4v) is 6.42. The zero-order valence-electron chi connectivity index (χ0n) is 27.6. The van der Waals surface area contributed by atoms with Gasteiger partial charge >= 0.3 is 0 Å². The highest BCUT2D eigenvalue weighted by Gasteiger charge is 2.39. The van der Waals surface area contributed by atoms with Crippen LogP contribution in [0, 0.1) is 5.92 Å². The van der Waals surface area contributed by atoms with Crippen molar-refractivity contribution >= 4 is 23.2 Å². The predicted octanol–water partition coefficient (Wildman–Crippen LogP) is 5.16. The van der Waals surface area contributed by atoms with Gasteiger partial charge in [-0.1, -0.05) is 54.6 Å². The number of nitrogen functional groups attached to an aromatic ring is 1. The molecule has 0 unspecified atom stereocenters. The van der Waals surface area contributed by atoms with Gasteiger partial charge in [0.2, 0.25) is 12.2 Å². The van der Waals surface area contributed by atoms with Crippen LogP contribution in [0.2, 0.25) is 0 Å². The Morgan fingerprint density at radius 1 is 0.938 bits per heavy atom. The molecule has 10 heteroatoms. The molecule has 0 aromatic heterocycles. The Bertz CT molecular complexity index is 1560. The van der Waals surface area contributed by atoms with Crippen LogP contribution in [-0.2, 0) is 35.0 Å². The monoisotopic (exact) mass is 657 g/mol. The summed E-state index contributed by atoms with van der Waals surface area (Å²) in [5.41, 5.74) is 13.2. The molecule has 0 radical (unpaired) electrons. The van der Waals surface area contributed by atoms with Crippen LogP contribution in [0.5, 0.6) is 0 Å². The van der Waals surface area contributed by atoms with Gasteiger partial charge in [0.25, 0.3) is 5.91 Å². The van der Waals surface area contributed by atoms with Gasteiger partial charge in [-0.3, -0.25) is 9.59 Å². The Balaban J connectivity index is 1.27. The van der Waals surface area contributed by atoms with E-state index in [1.165, 1.54) is 22.3 Å². The molecule has 3 aromatic carbocycles. The highest BCUT2D eigenvalue weighted by Crippen LogP contribution is 2.45. The first-order valence-corrected chi connectivity index (χ1v) is 16.9. The number of aliphatic hydroxyl groups is 1. The van der Waals surface area contributed by atoms with Gasteiger partial charge in [-0.05, 0) is 78.6 Å². The molecule has 1 heterocycles. The Hall–Kier alpha value is -4.22. The number of rotatable bonds is 18. The topological polar surface area (TPSA) is 141 Å². The molecular formula is C38H47N3O7. The maximum Gasteiger partial charge on any atom is 0.286 e. The van der Waals surface area contributed by atoms with Crippen LogP contribution >= 0.6 is 0 Å². The quantitative estimate of drug-likeness (QED) is 0.0850. The lowest BCUT2D eigenvalue weighted by Gasteiger charge is -2.37. The summed E-state index contributed by atoms with van der Waals surface area (Å²) in [5.74, 6) is -0.447. The van der Waals surface area contributed by atoms with Crippen LogP contribution < -0.4 is 16.4 Å². The number of allylic oxidation sites excluding steroid dienone is 1. The number of hydrogen-bond donors (Lipinski definition) is 4. The summed E-state index contributed by atoms with van der Waals surface area (Å²) in [5, 5.41) is 14.8. The van der Waals surface area contributed by atoms with Crippen molar-refractivity contribution in [2.45, 2.75) is 51.2 Å². The molecule has 3 atom stereocenters. The maximum atomic E-state index is 13.5. The first kappa shape index (κ1) is 35.1. The lowest BCUT2D eigenvalue weighted by atomic mass is 9.78. The molecule has 256 valence electrons. The molecule has 10 nitrogen and oxygen atoms in total. The summed E-state index contributed by atoms with van der Waals surface area (Å²) < 4.78 is 23.6. The third-order valence-corrected chi connectivity index (χ3v) is 8.74. The van der Waals surface area contributed by atoms with Crippen molar-refractivity contribution in [1.29, 1.82) is 0 Å². The molecule has 0 saturated carbocycles. The van der Waals surface area contributed by atoms with Crippen molar-refractivity contribution in [3.05, 3.63) is 95.3 Å². The summed E-state index contributed by atoms with van der Waals surface area (Å²) in [6.45, 7) is 4.29. The van der Waals surface area contributed by atoms with Gasteiger partial charge in [0.15, 0.2) is 5.76 Å². The highest BCUT2D eigenvalue weighted by atomic mass is 16.7. The summed E-state index contributed by atoms with van der Waals surface area (Å²) in [6, 6.07) is 22.0. The lowest BCUT2D eigenvalue weighted by Crippen LogP contribution is -2.39. The summed E-state index contributed by atoms with van der Waals surface area (Å²) in [7, 11) is 0.